The maximum Gasteiger partial charge on any atom is 0.0728 e. The SMILES string of the molecule is [B]1[B]C12C=C2. The van der Waals surface area contributed by atoms with Gasteiger partial charge in [-0.1, -0.05) is 17.4 Å². The fraction of sp³-hybridized carbons (Fsp3) is 0.333. The topological polar surface area (TPSA) is 0 Å². The van der Waals surface area contributed by atoms with E-state index in [1.54, 1.807) is 0 Å². The van der Waals surface area contributed by atoms with Crippen LogP contribution in [0.4, 0.5) is 0 Å². The molecule has 1 heterocycles. The molecule has 0 N–H and O–H groups in total. The van der Waals surface area contributed by atoms with Crippen LogP contribution in [0.3, 0.4) is 0 Å². The molecule has 0 aromatic carbocycles. The third-order valence-corrected chi connectivity index (χ3v) is 1.10. The van der Waals surface area contributed by atoms with Crippen LogP contribution in [-0.2, 0) is 0 Å². The van der Waals surface area contributed by atoms with Crippen LogP contribution in [0.25, 0.3) is 0 Å². The van der Waals surface area contributed by atoms with Crippen molar-refractivity contribution in [2.45, 2.75) is 5.21 Å². The van der Waals surface area contributed by atoms with E-state index in [1.165, 1.54) is 0 Å². The van der Waals surface area contributed by atoms with E-state index in [0.717, 1.165) is 0 Å². The molecular formula is C3H2B2. The Morgan fingerprint density at radius 3 is 1.80 bits per heavy atom. The monoisotopic (exact) mass is 60.0 g/mol. The highest BCUT2D eigenvalue weighted by molar-refractivity contribution is 7.27. The number of hydrogen-bond acceptors (Lipinski definition) is 0. The summed E-state index contributed by atoms with van der Waals surface area (Å²) in [5.74, 6) is 0. The van der Waals surface area contributed by atoms with Crippen molar-refractivity contribution >= 4 is 14.3 Å². The van der Waals surface area contributed by atoms with Crippen molar-refractivity contribution in [3.05, 3.63) is 12.2 Å². The van der Waals surface area contributed by atoms with E-state index < -0.39 is 0 Å². The molecule has 5 heavy (non-hydrogen) atoms. The predicted octanol–water partition coefficient (Wildman–Crippen LogP) is 0.00940. The molecule has 1 aliphatic heterocycles. The lowest BCUT2D eigenvalue weighted by Gasteiger charge is -1.67. The molecule has 0 aromatic rings. The summed E-state index contributed by atoms with van der Waals surface area (Å²) in [4.78, 5) is 0. The van der Waals surface area contributed by atoms with Crippen molar-refractivity contribution in [3.8, 4) is 0 Å². The molecule has 0 amide bonds. The van der Waals surface area contributed by atoms with E-state index in [1.807, 2.05) is 0 Å². The normalized spacial score (nSPS) is 32.0. The van der Waals surface area contributed by atoms with Crippen molar-refractivity contribution in [3.63, 3.8) is 0 Å². The Bertz CT molecular complexity index is 83.1. The van der Waals surface area contributed by atoms with Crippen LogP contribution in [0.1, 0.15) is 0 Å². The lowest BCUT2D eigenvalue weighted by Crippen LogP contribution is -1.54. The molecule has 2 aliphatic rings. The van der Waals surface area contributed by atoms with Gasteiger partial charge in [0, 0.05) is 0 Å². The summed E-state index contributed by atoms with van der Waals surface area (Å²) in [6, 6.07) is 0. The summed E-state index contributed by atoms with van der Waals surface area (Å²) in [7, 11) is 4.38. The highest BCUT2D eigenvalue weighted by Gasteiger charge is 2.46. The molecule has 0 aromatic heterocycles. The Hall–Kier alpha value is -0.130. The fourth-order valence-corrected chi connectivity index (χ4v) is 0.415. The van der Waals surface area contributed by atoms with Crippen molar-refractivity contribution < 1.29 is 0 Å². The molecule has 1 fully saturated rings. The molecule has 2 radical (unpaired) electrons. The first kappa shape index (κ1) is 2.12. The summed E-state index contributed by atoms with van der Waals surface area (Å²) >= 11 is 0. The second-order valence-corrected chi connectivity index (χ2v) is 1.67. The predicted molar refractivity (Wildman–Crippen MR) is 23.3 cm³/mol. The quantitative estimate of drug-likeness (QED) is 0.272. The van der Waals surface area contributed by atoms with Gasteiger partial charge in [-0.15, -0.1) is 0 Å². The van der Waals surface area contributed by atoms with Crippen LogP contribution in [0, 0.1) is 0 Å². The first-order chi connectivity index (χ1) is 2.41. The van der Waals surface area contributed by atoms with E-state index in [-0.39, 0.29) is 0 Å². The molecule has 0 unspecified atom stereocenters. The van der Waals surface area contributed by atoms with Crippen LogP contribution in [0.15, 0.2) is 12.2 Å². The van der Waals surface area contributed by atoms with Crippen LogP contribution in [0.5, 0.6) is 0 Å². The van der Waals surface area contributed by atoms with Crippen molar-refractivity contribution in [2.75, 3.05) is 0 Å². The van der Waals surface area contributed by atoms with Crippen LogP contribution in [0.2, 0.25) is 5.21 Å². The van der Waals surface area contributed by atoms with Crippen molar-refractivity contribution in [2.24, 2.45) is 0 Å². The molecule has 1 saturated heterocycles. The lowest BCUT2D eigenvalue weighted by molar-refractivity contribution is 1.56. The minimum absolute atomic E-state index is 0.500. The Balaban J connectivity index is 2.37. The highest BCUT2D eigenvalue weighted by Crippen LogP contribution is 2.50. The zero-order valence-electron chi connectivity index (χ0n) is 2.81. The maximum absolute atomic E-state index is 2.19. The Morgan fingerprint density at radius 1 is 1.20 bits per heavy atom. The standard InChI is InChI=1S/C3H2B2/c1-2-3(1)4-5-3/h1-2H. The van der Waals surface area contributed by atoms with Crippen LogP contribution < -0.4 is 0 Å². The molecule has 1 aliphatic carbocycles. The molecule has 2 rings (SSSR count). The van der Waals surface area contributed by atoms with Gasteiger partial charge in [-0.3, -0.25) is 0 Å². The second-order valence-electron chi connectivity index (χ2n) is 1.67. The molecular weight excluding hydrogens is 57.7 g/mol. The maximum atomic E-state index is 2.19. The van der Waals surface area contributed by atoms with Gasteiger partial charge in [-0.05, 0) is 0 Å². The van der Waals surface area contributed by atoms with Gasteiger partial charge in [0.1, 0.15) is 0 Å². The van der Waals surface area contributed by atoms with Gasteiger partial charge in [-0.2, -0.15) is 0 Å². The number of hydrogen-bond donors (Lipinski definition) is 0. The minimum atomic E-state index is 0.500. The van der Waals surface area contributed by atoms with Gasteiger partial charge < -0.3 is 0 Å². The highest BCUT2D eigenvalue weighted by atomic mass is 14.2. The lowest BCUT2D eigenvalue weighted by atomic mass is 9.81. The third kappa shape index (κ3) is 0.139. The summed E-state index contributed by atoms with van der Waals surface area (Å²) in [6.07, 6.45) is 4.38. The van der Waals surface area contributed by atoms with Gasteiger partial charge in [0.05, 0.1) is 14.3 Å². The van der Waals surface area contributed by atoms with E-state index >= 15 is 0 Å². The Morgan fingerprint density at radius 2 is 1.80 bits per heavy atom. The molecule has 1 spiro atoms. The average molecular weight is 59.7 g/mol. The van der Waals surface area contributed by atoms with Gasteiger partial charge in [-0.25, -0.2) is 0 Å². The van der Waals surface area contributed by atoms with Crippen molar-refractivity contribution in [1.82, 2.24) is 0 Å². The summed E-state index contributed by atoms with van der Waals surface area (Å²) in [5.41, 5.74) is 0. The molecule has 0 nitrogen and oxygen atoms in total. The number of allylic oxidation sites excluding steroid dienone is 2. The molecule has 2 heteroatoms. The van der Waals surface area contributed by atoms with Gasteiger partial charge >= 0.3 is 0 Å². The average Bonchev–Trinajstić information content (AvgIpc) is 2.17. The zero-order valence-corrected chi connectivity index (χ0v) is 2.81. The molecule has 0 atom stereocenters. The van der Waals surface area contributed by atoms with E-state index in [2.05, 4.69) is 26.5 Å². The Labute approximate surface area is 32.7 Å². The van der Waals surface area contributed by atoms with Gasteiger partial charge in [0.25, 0.3) is 0 Å². The van der Waals surface area contributed by atoms with Crippen LogP contribution in [-0.4, -0.2) is 14.3 Å². The van der Waals surface area contributed by atoms with E-state index in [9.17, 15) is 0 Å². The van der Waals surface area contributed by atoms with E-state index in [4.69, 9.17) is 0 Å². The molecule has 0 bridgehead atoms. The van der Waals surface area contributed by atoms with Gasteiger partial charge in [0.15, 0.2) is 0 Å². The molecule has 0 saturated carbocycles. The van der Waals surface area contributed by atoms with E-state index in [0.29, 0.717) is 5.21 Å². The van der Waals surface area contributed by atoms with Crippen LogP contribution >= 0.6 is 0 Å². The number of rotatable bonds is 0. The summed E-state index contributed by atoms with van der Waals surface area (Å²) in [5, 5.41) is 0.500. The zero-order chi connectivity index (χ0) is 3.33. The molecule has 20 valence electrons. The first-order valence-electron chi connectivity index (χ1n) is 1.82. The third-order valence-electron chi connectivity index (χ3n) is 1.10. The minimum Gasteiger partial charge on any atom is -0.0964 e. The van der Waals surface area contributed by atoms with Crippen molar-refractivity contribution in [1.29, 1.82) is 0 Å². The largest absolute Gasteiger partial charge is 0.0964 e. The summed E-state index contributed by atoms with van der Waals surface area (Å²) < 4.78 is 0. The fourth-order valence-electron chi connectivity index (χ4n) is 0.415. The summed E-state index contributed by atoms with van der Waals surface area (Å²) in [6.45, 7) is 0. The Kier molecular flexibility index (Phi) is 0.139. The smallest absolute Gasteiger partial charge is 0.0728 e. The second kappa shape index (κ2) is 0.327. The van der Waals surface area contributed by atoms with Gasteiger partial charge in [0.2, 0.25) is 0 Å². The first-order valence-corrected chi connectivity index (χ1v) is 1.82.